The lowest BCUT2D eigenvalue weighted by molar-refractivity contribution is -0.115. The lowest BCUT2D eigenvalue weighted by Gasteiger charge is -2.07. The Bertz CT molecular complexity index is 1070. The Morgan fingerprint density at radius 2 is 1.78 bits per heavy atom. The van der Waals surface area contributed by atoms with Crippen molar-refractivity contribution in [2.75, 3.05) is 5.32 Å². The van der Waals surface area contributed by atoms with Crippen LogP contribution in [0.5, 0.6) is 0 Å². The number of rotatable bonds is 5. The lowest BCUT2D eigenvalue weighted by atomic mass is 10.0. The van der Waals surface area contributed by atoms with Crippen LogP contribution in [-0.2, 0) is 17.6 Å². The number of nitrogens with one attached hydrogen (secondary N) is 2. The molecule has 2 N–H and O–H groups in total. The summed E-state index contributed by atoms with van der Waals surface area (Å²) in [6, 6.07) is 19.7. The quantitative estimate of drug-likeness (QED) is 0.552. The van der Waals surface area contributed by atoms with Crippen LogP contribution in [-0.4, -0.2) is 15.9 Å². The number of hydrogen-bond acceptors (Lipinski definition) is 2. The normalized spacial score (nSPS) is 10.9. The van der Waals surface area contributed by atoms with E-state index in [1.165, 1.54) is 12.1 Å². The molecule has 0 aliphatic rings. The van der Waals surface area contributed by atoms with Crippen LogP contribution in [0.3, 0.4) is 0 Å². The summed E-state index contributed by atoms with van der Waals surface area (Å²) in [5.41, 5.74) is 3.87. The maximum Gasteiger partial charge on any atom is 0.230 e. The van der Waals surface area contributed by atoms with Crippen molar-refractivity contribution in [1.82, 2.24) is 9.97 Å². The fraction of sp³-hybridized carbons (Fsp3) is 0.0909. The summed E-state index contributed by atoms with van der Waals surface area (Å²) < 4.78 is 13.2. The number of benzene rings is 2. The first-order valence-corrected chi connectivity index (χ1v) is 8.73. The van der Waals surface area contributed by atoms with E-state index in [4.69, 9.17) is 0 Å². The monoisotopic (exact) mass is 359 g/mol. The summed E-state index contributed by atoms with van der Waals surface area (Å²) >= 11 is 0. The molecule has 0 bridgehead atoms. The second kappa shape index (κ2) is 7.41. The van der Waals surface area contributed by atoms with E-state index < -0.39 is 0 Å². The number of para-hydroxylation sites is 1. The molecular weight excluding hydrogens is 341 g/mol. The van der Waals surface area contributed by atoms with Gasteiger partial charge in [-0.25, -0.2) is 9.37 Å². The first-order chi connectivity index (χ1) is 13.2. The van der Waals surface area contributed by atoms with E-state index in [0.29, 0.717) is 12.2 Å². The molecule has 4 aromatic rings. The molecule has 0 aliphatic heterocycles. The van der Waals surface area contributed by atoms with Crippen molar-refractivity contribution in [3.63, 3.8) is 0 Å². The van der Waals surface area contributed by atoms with Gasteiger partial charge < -0.3 is 10.3 Å². The van der Waals surface area contributed by atoms with Gasteiger partial charge >= 0.3 is 0 Å². The average Bonchev–Trinajstić information content (AvgIpc) is 3.01. The van der Waals surface area contributed by atoms with E-state index in [1.54, 1.807) is 30.5 Å². The molecule has 2 aromatic carbocycles. The molecule has 1 amide bonds. The number of amides is 1. The van der Waals surface area contributed by atoms with Crippen molar-refractivity contribution in [2.24, 2.45) is 0 Å². The summed E-state index contributed by atoms with van der Waals surface area (Å²) in [6.45, 7) is 0. The van der Waals surface area contributed by atoms with Gasteiger partial charge in [0, 0.05) is 29.2 Å². The maximum absolute atomic E-state index is 13.2. The molecule has 0 radical (unpaired) electrons. The topological polar surface area (TPSA) is 57.8 Å². The molecule has 4 nitrogen and oxygen atoms in total. The van der Waals surface area contributed by atoms with Crippen molar-refractivity contribution < 1.29 is 9.18 Å². The molecular formula is C22H18FN3O. The smallest absolute Gasteiger partial charge is 0.230 e. The van der Waals surface area contributed by atoms with Crippen LogP contribution < -0.4 is 5.32 Å². The zero-order valence-electron chi connectivity index (χ0n) is 14.6. The van der Waals surface area contributed by atoms with Gasteiger partial charge in [0.15, 0.2) is 0 Å². The van der Waals surface area contributed by atoms with Gasteiger partial charge in [-0.2, -0.15) is 0 Å². The van der Waals surface area contributed by atoms with Gasteiger partial charge in [-0.15, -0.1) is 0 Å². The van der Waals surface area contributed by atoms with Crippen LogP contribution in [0, 0.1) is 5.82 Å². The molecule has 0 aliphatic carbocycles. The van der Waals surface area contributed by atoms with E-state index in [1.807, 2.05) is 30.3 Å². The summed E-state index contributed by atoms with van der Waals surface area (Å²) in [7, 11) is 0. The van der Waals surface area contributed by atoms with E-state index in [0.717, 1.165) is 27.7 Å². The van der Waals surface area contributed by atoms with Crippen LogP contribution in [0.25, 0.3) is 10.9 Å². The van der Waals surface area contributed by atoms with Crippen molar-refractivity contribution in [2.45, 2.75) is 12.8 Å². The van der Waals surface area contributed by atoms with Gasteiger partial charge in [-0.1, -0.05) is 36.4 Å². The van der Waals surface area contributed by atoms with Gasteiger partial charge in [0.1, 0.15) is 11.6 Å². The number of aromatic amines is 1. The van der Waals surface area contributed by atoms with Crippen LogP contribution in [0.4, 0.5) is 10.2 Å². The highest BCUT2D eigenvalue weighted by molar-refractivity contribution is 5.96. The number of H-pyrrole nitrogens is 1. The molecule has 0 fully saturated rings. The second-order valence-corrected chi connectivity index (χ2v) is 6.37. The average molecular weight is 359 g/mol. The summed E-state index contributed by atoms with van der Waals surface area (Å²) in [6.07, 6.45) is 2.47. The first-order valence-electron chi connectivity index (χ1n) is 8.73. The molecule has 0 unspecified atom stereocenters. The SMILES string of the molecule is O=C(Cc1c(Cc2ccc(F)cc2)[nH]c2ccccc12)Nc1ccccn1. The summed E-state index contributed by atoms with van der Waals surface area (Å²) in [4.78, 5) is 20.1. The van der Waals surface area contributed by atoms with E-state index in [9.17, 15) is 9.18 Å². The summed E-state index contributed by atoms with van der Waals surface area (Å²) in [5, 5.41) is 3.85. The molecule has 0 saturated carbocycles. The maximum atomic E-state index is 13.2. The Morgan fingerprint density at radius 1 is 1.00 bits per heavy atom. The number of pyridine rings is 1. The van der Waals surface area contributed by atoms with Gasteiger partial charge in [0.2, 0.25) is 5.91 Å². The van der Waals surface area contributed by atoms with Gasteiger partial charge in [0.25, 0.3) is 0 Å². The molecule has 0 atom stereocenters. The third-order valence-electron chi connectivity index (χ3n) is 4.47. The number of nitrogens with zero attached hydrogens (tertiary/aromatic N) is 1. The second-order valence-electron chi connectivity index (χ2n) is 6.37. The minimum Gasteiger partial charge on any atom is -0.358 e. The predicted molar refractivity (Wildman–Crippen MR) is 104 cm³/mol. The molecule has 5 heteroatoms. The van der Waals surface area contributed by atoms with Crippen LogP contribution >= 0.6 is 0 Å². The number of carbonyl (C=O) groups excluding carboxylic acids is 1. The Balaban J connectivity index is 1.63. The van der Waals surface area contributed by atoms with Gasteiger partial charge in [-0.05, 0) is 41.5 Å². The minimum atomic E-state index is -0.259. The predicted octanol–water partition coefficient (Wildman–Crippen LogP) is 4.47. The zero-order valence-corrected chi connectivity index (χ0v) is 14.6. The van der Waals surface area contributed by atoms with Crippen LogP contribution in [0.2, 0.25) is 0 Å². The van der Waals surface area contributed by atoms with Crippen molar-refractivity contribution in [1.29, 1.82) is 0 Å². The minimum absolute atomic E-state index is 0.126. The Kier molecular flexibility index (Phi) is 4.66. The van der Waals surface area contributed by atoms with Crippen molar-refractivity contribution in [3.8, 4) is 0 Å². The zero-order chi connectivity index (χ0) is 18.6. The Labute approximate surface area is 156 Å². The highest BCUT2D eigenvalue weighted by atomic mass is 19.1. The van der Waals surface area contributed by atoms with E-state index in [2.05, 4.69) is 15.3 Å². The van der Waals surface area contributed by atoms with Crippen LogP contribution in [0.15, 0.2) is 72.9 Å². The van der Waals surface area contributed by atoms with Crippen LogP contribution in [0.1, 0.15) is 16.8 Å². The standard InChI is InChI=1S/C22H18FN3O/c23-16-10-8-15(9-11-16)13-20-18(17-5-1-2-6-19(17)25-20)14-22(27)26-21-7-3-4-12-24-21/h1-12,25H,13-14H2,(H,24,26,27). The third kappa shape index (κ3) is 3.87. The fourth-order valence-electron chi connectivity index (χ4n) is 3.20. The third-order valence-corrected chi connectivity index (χ3v) is 4.47. The van der Waals surface area contributed by atoms with Crippen molar-refractivity contribution in [3.05, 3.63) is 95.6 Å². The van der Waals surface area contributed by atoms with Gasteiger partial charge in [0.05, 0.1) is 6.42 Å². The fourth-order valence-corrected chi connectivity index (χ4v) is 3.20. The highest BCUT2D eigenvalue weighted by Crippen LogP contribution is 2.25. The summed E-state index contributed by atoms with van der Waals surface area (Å²) in [5.74, 6) is 0.145. The molecule has 4 rings (SSSR count). The molecule has 2 aromatic heterocycles. The van der Waals surface area contributed by atoms with Crippen molar-refractivity contribution >= 4 is 22.6 Å². The number of fused-ring (bicyclic) bond motifs is 1. The highest BCUT2D eigenvalue weighted by Gasteiger charge is 2.15. The Hall–Kier alpha value is -3.47. The molecule has 27 heavy (non-hydrogen) atoms. The number of hydrogen-bond donors (Lipinski definition) is 2. The number of halogens is 1. The number of carbonyl (C=O) groups is 1. The molecule has 2 heterocycles. The number of aromatic nitrogens is 2. The first kappa shape index (κ1) is 17.0. The molecule has 134 valence electrons. The number of anilines is 1. The molecule has 0 saturated heterocycles. The van der Waals surface area contributed by atoms with E-state index >= 15 is 0 Å². The largest absolute Gasteiger partial charge is 0.358 e. The Morgan fingerprint density at radius 3 is 2.56 bits per heavy atom. The van der Waals surface area contributed by atoms with Gasteiger partial charge in [-0.3, -0.25) is 4.79 Å². The molecule has 0 spiro atoms. The van der Waals surface area contributed by atoms with E-state index in [-0.39, 0.29) is 18.1 Å². The lowest BCUT2D eigenvalue weighted by Crippen LogP contribution is -2.16.